The van der Waals surface area contributed by atoms with Crippen molar-refractivity contribution < 1.29 is 25.8 Å². The van der Waals surface area contributed by atoms with Gasteiger partial charge in [0.25, 0.3) is 0 Å². The van der Waals surface area contributed by atoms with E-state index in [4.69, 9.17) is 0 Å². The number of hydrogen-bond acceptors (Lipinski definition) is 0. The van der Waals surface area contributed by atoms with E-state index in [9.17, 15) is 0 Å². The molecule has 2 aliphatic rings. The van der Waals surface area contributed by atoms with Crippen LogP contribution in [0.3, 0.4) is 0 Å². The Morgan fingerprint density at radius 1 is 1.04 bits per heavy atom. The van der Waals surface area contributed by atoms with Gasteiger partial charge in [0.1, 0.15) is 0 Å². The van der Waals surface area contributed by atoms with Gasteiger partial charge >= 0.3 is 0 Å². The fourth-order valence-corrected chi connectivity index (χ4v) is 3.83. The summed E-state index contributed by atoms with van der Waals surface area (Å²) < 4.78 is 0. The molecule has 0 spiro atoms. The van der Waals surface area contributed by atoms with Crippen LogP contribution in [0.1, 0.15) is 57.7 Å². The maximum atomic E-state index is 3.44. The van der Waals surface area contributed by atoms with Gasteiger partial charge < -0.3 is 0 Å². The van der Waals surface area contributed by atoms with E-state index >= 15 is 0 Å². The Balaban J connectivity index is 0.000000173. The molecule has 0 atom stereocenters. The summed E-state index contributed by atoms with van der Waals surface area (Å²) in [4.78, 5) is 0. The molecular weight excluding hydrogens is 455 g/mol. The van der Waals surface area contributed by atoms with E-state index in [0.29, 0.717) is 0 Å². The molecule has 2 aliphatic carbocycles. The molecule has 2 aromatic carbocycles. The molecule has 126 valence electrons. The second-order valence-corrected chi connectivity index (χ2v) is 7.70. The Hall–Kier alpha value is -0.820. The normalized spacial score (nSPS) is 18.0. The summed E-state index contributed by atoms with van der Waals surface area (Å²) in [7, 11) is 0. The van der Waals surface area contributed by atoms with Crippen LogP contribution >= 0.6 is 0 Å². The fourth-order valence-electron chi connectivity index (χ4n) is 3.83. The number of hydrogen-bond donors (Lipinski definition) is 0. The number of allylic oxidation sites excluding steroid dienone is 4. The van der Waals surface area contributed by atoms with Gasteiger partial charge in [0.05, 0.1) is 0 Å². The predicted octanol–water partition coefficient (Wildman–Crippen LogP) is 6.47. The Bertz CT molecular complexity index is 812. The molecule has 0 nitrogen and oxygen atoms in total. The minimum atomic E-state index is 0. The van der Waals surface area contributed by atoms with Crippen LogP contribution in [0.25, 0.3) is 10.8 Å². The zero-order valence-corrected chi connectivity index (χ0v) is 19.5. The number of rotatable bonds is 0. The smallest absolute Gasteiger partial charge is 0 e. The molecule has 0 fully saturated rings. The SMILES string of the molecule is CC1=[C-]C(C)(C)C(C)=C1C.C[c-]1ccc2cc3c(cc21)CCC3.[Hf]. The molecule has 0 amide bonds. The van der Waals surface area contributed by atoms with Crippen LogP contribution < -0.4 is 0 Å². The molecule has 0 aliphatic heterocycles. The second kappa shape index (κ2) is 7.20. The van der Waals surface area contributed by atoms with Crippen LogP contribution in [0.2, 0.25) is 0 Å². The Morgan fingerprint density at radius 2 is 1.67 bits per heavy atom. The largest absolute Gasteiger partial charge is 0.263 e. The predicted molar refractivity (Wildman–Crippen MR) is 101 cm³/mol. The molecular formula is C23H28Hf-2. The number of benzene rings is 1. The summed E-state index contributed by atoms with van der Waals surface area (Å²) in [5.74, 6) is 0. The van der Waals surface area contributed by atoms with Gasteiger partial charge in [0.2, 0.25) is 0 Å². The first kappa shape index (κ1) is 19.5. The number of fused-ring (bicyclic) bond motifs is 2. The summed E-state index contributed by atoms with van der Waals surface area (Å²) in [6, 6.07) is 9.24. The standard InChI is InChI=1S/C13H13.C10H15.Hf/c1-9-5-6-12-7-10-3-2-4-11(10)8-13(9)12;1-7-6-10(4,5)9(3)8(7)2;/h5-8H,2-4H2,1H3;1-5H3;/q2*-1;. The molecule has 1 heteroatoms. The summed E-state index contributed by atoms with van der Waals surface area (Å²) in [5.41, 5.74) is 8.98. The maximum absolute atomic E-state index is 3.44. The van der Waals surface area contributed by atoms with Gasteiger partial charge in [0.15, 0.2) is 0 Å². The van der Waals surface area contributed by atoms with Gasteiger partial charge in [-0.3, -0.25) is 6.08 Å². The van der Waals surface area contributed by atoms with E-state index in [0.717, 1.165) is 0 Å². The molecule has 0 unspecified atom stereocenters. The monoisotopic (exact) mass is 484 g/mol. The van der Waals surface area contributed by atoms with E-state index in [1.54, 1.807) is 11.1 Å². The van der Waals surface area contributed by atoms with Crippen molar-refractivity contribution in [2.75, 3.05) is 0 Å². The molecule has 0 bridgehead atoms. The summed E-state index contributed by atoms with van der Waals surface area (Å²) in [6.07, 6.45) is 7.36. The topological polar surface area (TPSA) is 0 Å². The van der Waals surface area contributed by atoms with Gasteiger partial charge in [-0.1, -0.05) is 51.2 Å². The van der Waals surface area contributed by atoms with Crippen molar-refractivity contribution in [1.82, 2.24) is 0 Å². The third-order valence-electron chi connectivity index (χ3n) is 5.76. The first-order chi connectivity index (χ1) is 10.8. The van der Waals surface area contributed by atoms with Gasteiger partial charge in [-0.05, 0) is 19.3 Å². The Labute approximate surface area is 166 Å². The van der Waals surface area contributed by atoms with Crippen LogP contribution in [0.15, 0.2) is 41.0 Å². The van der Waals surface area contributed by atoms with Crippen molar-refractivity contribution in [1.29, 1.82) is 0 Å². The van der Waals surface area contributed by atoms with Crippen LogP contribution in [-0.2, 0) is 38.7 Å². The van der Waals surface area contributed by atoms with E-state index in [2.05, 4.69) is 71.9 Å². The van der Waals surface area contributed by atoms with Gasteiger partial charge in [-0.15, -0.1) is 35.4 Å². The maximum Gasteiger partial charge on any atom is 0 e. The minimum absolute atomic E-state index is 0. The van der Waals surface area contributed by atoms with Crippen molar-refractivity contribution in [2.24, 2.45) is 5.41 Å². The average Bonchev–Trinajstić information content (AvgIpc) is 3.14. The Morgan fingerprint density at radius 3 is 2.17 bits per heavy atom. The zero-order chi connectivity index (χ0) is 16.8. The first-order valence-corrected chi connectivity index (χ1v) is 8.77. The van der Waals surface area contributed by atoms with Gasteiger partial charge in [-0.25, -0.2) is 5.57 Å². The summed E-state index contributed by atoms with van der Waals surface area (Å²) in [6.45, 7) is 13.1. The van der Waals surface area contributed by atoms with Crippen LogP contribution in [-0.4, -0.2) is 0 Å². The molecule has 0 radical (unpaired) electrons. The Kier molecular flexibility index (Phi) is 5.85. The van der Waals surface area contributed by atoms with Crippen molar-refractivity contribution in [3.8, 4) is 0 Å². The van der Waals surface area contributed by atoms with E-state index in [-0.39, 0.29) is 31.3 Å². The van der Waals surface area contributed by atoms with Crippen LogP contribution in [0.4, 0.5) is 0 Å². The third-order valence-corrected chi connectivity index (χ3v) is 5.76. The third kappa shape index (κ3) is 3.57. The van der Waals surface area contributed by atoms with Crippen molar-refractivity contribution >= 4 is 10.8 Å². The molecule has 4 rings (SSSR count). The summed E-state index contributed by atoms with van der Waals surface area (Å²) >= 11 is 0. The quantitative estimate of drug-likeness (QED) is 0.298. The fraction of sp³-hybridized carbons (Fsp3) is 0.435. The average molecular weight is 483 g/mol. The van der Waals surface area contributed by atoms with E-state index < -0.39 is 0 Å². The van der Waals surface area contributed by atoms with Gasteiger partial charge in [0, 0.05) is 25.8 Å². The molecule has 0 saturated heterocycles. The molecule has 0 heterocycles. The second-order valence-electron chi connectivity index (χ2n) is 7.70. The number of aryl methyl sites for hydroxylation is 3. The van der Waals surface area contributed by atoms with E-state index in [1.165, 1.54) is 52.3 Å². The van der Waals surface area contributed by atoms with Crippen molar-refractivity contribution in [2.45, 2.75) is 60.8 Å². The van der Waals surface area contributed by atoms with Crippen LogP contribution in [0, 0.1) is 18.4 Å². The molecule has 2 aromatic rings. The molecule has 24 heavy (non-hydrogen) atoms. The van der Waals surface area contributed by atoms with Crippen molar-refractivity contribution in [3.63, 3.8) is 0 Å². The molecule has 0 aromatic heterocycles. The summed E-state index contributed by atoms with van der Waals surface area (Å²) in [5, 5.41) is 2.89. The zero-order valence-electron chi connectivity index (χ0n) is 15.9. The first-order valence-electron chi connectivity index (χ1n) is 8.77. The van der Waals surface area contributed by atoms with Crippen LogP contribution in [0.5, 0.6) is 0 Å². The minimum Gasteiger partial charge on any atom is -0.263 e. The molecule has 0 N–H and O–H groups in total. The van der Waals surface area contributed by atoms with E-state index in [1.807, 2.05) is 0 Å². The molecule has 0 saturated carbocycles. The van der Waals surface area contributed by atoms with Gasteiger partial charge in [-0.2, -0.15) is 23.3 Å². The van der Waals surface area contributed by atoms with Crippen molar-refractivity contribution in [3.05, 3.63) is 63.8 Å².